The molecule has 1 aliphatic heterocycles. The minimum Gasteiger partial charge on any atom is -0.356 e. The molecule has 1 amide bonds. The molecule has 1 saturated heterocycles. The normalized spacial score (nSPS) is 16.9. The van der Waals surface area contributed by atoms with Crippen LogP contribution in [-0.2, 0) is 4.79 Å². The van der Waals surface area contributed by atoms with Gasteiger partial charge in [-0.2, -0.15) is 0 Å². The minimum atomic E-state index is 0. The van der Waals surface area contributed by atoms with Gasteiger partial charge in [-0.25, -0.2) is 0 Å². The molecule has 0 saturated carbocycles. The molecule has 1 aliphatic rings. The Kier molecular flexibility index (Phi) is 7.96. The van der Waals surface area contributed by atoms with Crippen LogP contribution in [0.3, 0.4) is 0 Å². The summed E-state index contributed by atoms with van der Waals surface area (Å²) in [7, 11) is 0. The highest BCUT2D eigenvalue weighted by Crippen LogP contribution is 2.27. The summed E-state index contributed by atoms with van der Waals surface area (Å²) in [4.78, 5) is 12.5. The van der Waals surface area contributed by atoms with Gasteiger partial charge in [-0.3, -0.25) is 4.79 Å². The van der Waals surface area contributed by atoms with Crippen LogP contribution in [-0.4, -0.2) is 25.5 Å². The van der Waals surface area contributed by atoms with Crippen LogP contribution < -0.4 is 10.6 Å². The molecule has 0 aliphatic carbocycles. The molecule has 4 heteroatoms. The van der Waals surface area contributed by atoms with E-state index in [4.69, 9.17) is 0 Å². The first-order chi connectivity index (χ1) is 11.8. The lowest BCUT2D eigenvalue weighted by molar-refractivity contribution is -0.121. The largest absolute Gasteiger partial charge is 0.356 e. The Bertz CT molecular complexity index is 587. The predicted octanol–water partition coefficient (Wildman–Crippen LogP) is 3.75. The van der Waals surface area contributed by atoms with Crippen molar-refractivity contribution in [2.75, 3.05) is 19.6 Å². The third-order valence-electron chi connectivity index (χ3n) is 4.78. The SMILES string of the molecule is Cl.O=C(CC(c1ccccc1)c1ccccc1)NCC1CCCNC1. The molecule has 134 valence electrons. The maximum absolute atomic E-state index is 12.5. The second kappa shape index (κ2) is 10.2. The fraction of sp³-hybridized carbons (Fsp3) is 0.381. The van der Waals surface area contributed by atoms with Gasteiger partial charge in [0.25, 0.3) is 0 Å². The van der Waals surface area contributed by atoms with Crippen LogP contribution in [0.1, 0.15) is 36.3 Å². The molecule has 0 radical (unpaired) electrons. The first kappa shape index (κ1) is 19.5. The van der Waals surface area contributed by atoms with Crippen molar-refractivity contribution in [2.45, 2.75) is 25.2 Å². The standard InChI is InChI=1S/C21H26N2O.ClH/c24-21(23-16-17-8-7-13-22-15-17)14-20(18-9-3-1-4-10-18)19-11-5-2-6-12-19;/h1-6,9-12,17,20,22H,7-8,13-16H2,(H,23,24);1H. The predicted molar refractivity (Wildman–Crippen MR) is 105 cm³/mol. The maximum Gasteiger partial charge on any atom is 0.220 e. The molecule has 1 heterocycles. The van der Waals surface area contributed by atoms with Crippen molar-refractivity contribution >= 4 is 18.3 Å². The molecule has 2 N–H and O–H groups in total. The molecule has 25 heavy (non-hydrogen) atoms. The lowest BCUT2D eigenvalue weighted by atomic mass is 9.88. The average Bonchev–Trinajstić information content (AvgIpc) is 2.67. The fourth-order valence-electron chi connectivity index (χ4n) is 3.41. The summed E-state index contributed by atoms with van der Waals surface area (Å²) >= 11 is 0. The van der Waals surface area contributed by atoms with E-state index in [1.54, 1.807) is 0 Å². The zero-order valence-corrected chi connectivity index (χ0v) is 15.3. The van der Waals surface area contributed by atoms with E-state index in [0.29, 0.717) is 12.3 Å². The highest BCUT2D eigenvalue weighted by Gasteiger charge is 2.19. The summed E-state index contributed by atoms with van der Waals surface area (Å²) in [6, 6.07) is 20.6. The molecule has 0 aromatic heterocycles. The highest BCUT2D eigenvalue weighted by atomic mass is 35.5. The zero-order chi connectivity index (χ0) is 16.6. The third-order valence-corrected chi connectivity index (χ3v) is 4.78. The molecular formula is C21H27ClN2O. The van der Waals surface area contributed by atoms with Crippen LogP contribution in [0.15, 0.2) is 60.7 Å². The molecule has 0 spiro atoms. The zero-order valence-electron chi connectivity index (χ0n) is 14.5. The summed E-state index contributed by atoms with van der Waals surface area (Å²) in [5.41, 5.74) is 2.39. The molecule has 1 unspecified atom stereocenters. The summed E-state index contributed by atoms with van der Waals surface area (Å²) < 4.78 is 0. The quantitative estimate of drug-likeness (QED) is 0.825. The van der Waals surface area contributed by atoms with Crippen LogP contribution in [0, 0.1) is 5.92 Å². The van der Waals surface area contributed by atoms with Gasteiger partial charge in [-0.15, -0.1) is 12.4 Å². The van der Waals surface area contributed by atoms with E-state index in [1.807, 2.05) is 36.4 Å². The molecule has 3 nitrogen and oxygen atoms in total. The van der Waals surface area contributed by atoms with E-state index < -0.39 is 0 Å². The first-order valence-corrected chi connectivity index (χ1v) is 8.90. The monoisotopic (exact) mass is 358 g/mol. The van der Waals surface area contributed by atoms with Gasteiger partial charge in [0.2, 0.25) is 5.91 Å². The van der Waals surface area contributed by atoms with E-state index in [-0.39, 0.29) is 24.2 Å². The van der Waals surface area contributed by atoms with Crippen molar-refractivity contribution in [3.05, 3.63) is 71.8 Å². The molecule has 1 atom stereocenters. The number of rotatable bonds is 6. The van der Waals surface area contributed by atoms with Crippen molar-refractivity contribution in [2.24, 2.45) is 5.92 Å². The fourth-order valence-corrected chi connectivity index (χ4v) is 3.41. The van der Waals surface area contributed by atoms with Crippen molar-refractivity contribution < 1.29 is 4.79 Å². The third kappa shape index (κ3) is 5.87. The molecule has 2 aromatic carbocycles. The Morgan fingerprint density at radius 3 is 2.16 bits per heavy atom. The Hall–Kier alpha value is -1.84. The summed E-state index contributed by atoms with van der Waals surface area (Å²) in [5, 5.41) is 6.54. The van der Waals surface area contributed by atoms with Gasteiger partial charge in [0.15, 0.2) is 0 Å². The minimum absolute atomic E-state index is 0. The summed E-state index contributed by atoms with van der Waals surface area (Å²) in [5.74, 6) is 0.810. The highest BCUT2D eigenvalue weighted by molar-refractivity contribution is 5.85. The van der Waals surface area contributed by atoms with E-state index >= 15 is 0 Å². The van der Waals surface area contributed by atoms with Crippen molar-refractivity contribution in [3.8, 4) is 0 Å². The number of piperidine rings is 1. The van der Waals surface area contributed by atoms with Crippen LogP contribution in [0.5, 0.6) is 0 Å². The number of nitrogens with one attached hydrogen (secondary N) is 2. The van der Waals surface area contributed by atoms with Gasteiger partial charge < -0.3 is 10.6 Å². The van der Waals surface area contributed by atoms with Crippen LogP contribution in [0.25, 0.3) is 0 Å². The number of benzene rings is 2. The van der Waals surface area contributed by atoms with Crippen molar-refractivity contribution in [1.82, 2.24) is 10.6 Å². The van der Waals surface area contributed by atoms with Crippen LogP contribution in [0.4, 0.5) is 0 Å². The second-order valence-corrected chi connectivity index (χ2v) is 6.59. The van der Waals surface area contributed by atoms with Crippen molar-refractivity contribution in [1.29, 1.82) is 0 Å². The Balaban J connectivity index is 0.00000225. The summed E-state index contributed by atoms with van der Waals surface area (Å²) in [6.07, 6.45) is 2.90. The van der Waals surface area contributed by atoms with Crippen LogP contribution >= 0.6 is 12.4 Å². The number of hydrogen-bond acceptors (Lipinski definition) is 2. The smallest absolute Gasteiger partial charge is 0.220 e. The molecule has 0 bridgehead atoms. The summed E-state index contributed by atoms with van der Waals surface area (Å²) in [6.45, 7) is 2.90. The number of amides is 1. The molecule has 2 aromatic rings. The number of hydrogen-bond donors (Lipinski definition) is 2. The van der Waals surface area contributed by atoms with E-state index in [2.05, 4.69) is 34.9 Å². The lowest BCUT2D eigenvalue weighted by Gasteiger charge is -2.23. The lowest BCUT2D eigenvalue weighted by Crippen LogP contribution is -2.38. The van der Waals surface area contributed by atoms with Gasteiger partial charge in [0, 0.05) is 18.9 Å². The average molecular weight is 359 g/mol. The number of carbonyl (C=O) groups excluding carboxylic acids is 1. The topological polar surface area (TPSA) is 41.1 Å². The van der Waals surface area contributed by atoms with E-state index in [0.717, 1.165) is 19.6 Å². The number of halogens is 1. The van der Waals surface area contributed by atoms with Gasteiger partial charge in [-0.05, 0) is 43.0 Å². The molecular weight excluding hydrogens is 332 g/mol. The molecule has 3 rings (SSSR count). The van der Waals surface area contributed by atoms with Gasteiger partial charge in [0.1, 0.15) is 0 Å². The first-order valence-electron chi connectivity index (χ1n) is 8.90. The Labute approximate surface area is 156 Å². The van der Waals surface area contributed by atoms with E-state index in [9.17, 15) is 4.79 Å². The van der Waals surface area contributed by atoms with E-state index in [1.165, 1.54) is 24.0 Å². The maximum atomic E-state index is 12.5. The second-order valence-electron chi connectivity index (χ2n) is 6.59. The van der Waals surface area contributed by atoms with Gasteiger partial charge in [0.05, 0.1) is 0 Å². The molecule has 1 fully saturated rings. The Morgan fingerprint density at radius 2 is 1.64 bits per heavy atom. The van der Waals surface area contributed by atoms with Crippen molar-refractivity contribution in [3.63, 3.8) is 0 Å². The Morgan fingerprint density at radius 1 is 1.04 bits per heavy atom. The van der Waals surface area contributed by atoms with Gasteiger partial charge >= 0.3 is 0 Å². The number of carbonyl (C=O) groups is 1. The van der Waals surface area contributed by atoms with Crippen LogP contribution in [0.2, 0.25) is 0 Å². The van der Waals surface area contributed by atoms with Gasteiger partial charge in [-0.1, -0.05) is 60.7 Å².